The fourth-order valence-corrected chi connectivity index (χ4v) is 3.48. The third kappa shape index (κ3) is 5.60. The summed E-state index contributed by atoms with van der Waals surface area (Å²) in [5.41, 5.74) is 1.91. The molecule has 2 N–H and O–H groups in total. The summed E-state index contributed by atoms with van der Waals surface area (Å²) in [6.45, 7) is -0.219. The van der Waals surface area contributed by atoms with Gasteiger partial charge in [-0.1, -0.05) is 48.0 Å². The topological polar surface area (TPSA) is 87.7 Å². The van der Waals surface area contributed by atoms with Crippen LogP contribution in [0.2, 0.25) is 5.02 Å². The van der Waals surface area contributed by atoms with Crippen molar-refractivity contribution in [1.82, 2.24) is 10.2 Å². The van der Waals surface area contributed by atoms with Crippen molar-refractivity contribution in [3.05, 3.63) is 100 Å². The first-order chi connectivity index (χ1) is 16.4. The lowest BCUT2D eigenvalue weighted by Gasteiger charge is -2.11. The lowest BCUT2D eigenvalue weighted by atomic mass is 10.1. The van der Waals surface area contributed by atoms with Crippen LogP contribution >= 0.6 is 11.6 Å². The summed E-state index contributed by atoms with van der Waals surface area (Å²) in [7, 11) is 0. The number of halogens is 2. The Labute approximate surface area is 199 Å². The SMILES string of the molecule is O=C(COc1ccc(C=C2NC(=O)N(Cc3ccc(F)cc3)C2=O)cc1Cl)Nc1ccccc1. The molecule has 9 heteroatoms. The first-order valence-corrected chi connectivity index (χ1v) is 10.6. The smallest absolute Gasteiger partial charge is 0.329 e. The molecule has 4 rings (SSSR count). The van der Waals surface area contributed by atoms with Crippen LogP contribution in [0.25, 0.3) is 6.08 Å². The van der Waals surface area contributed by atoms with Crippen LogP contribution in [0.1, 0.15) is 11.1 Å². The summed E-state index contributed by atoms with van der Waals surface area (Å²) in [4.78, 5) is 38.0. The minimum atomic E-state index is -0.573. The zero-order valence-electron chi connectivity index (χ0n) is 17.8. The van der Waals surface area contributed by atoms with E-state index in [2.05, 4.69) is 10.6 Å². The van der Waals surface area contributed by atoms with Crippen molar-refractivity contribution in [3.8, 4) is 5.75 Å². The summed E-state index contributed by atoms with van der Waals surface area (Å²) in [6, 6.07) is 18.7. The molecule has 4 amide bonds. The number of para-hydroxylation sites is 1. The molecule has 0 atom stereocenters. The van der Waals surface area contributed by atoms with Crippen LogP contribution < -0.4 is 15.4 Å². The van der Waals surface area contributed by atoms with Crippen LogP contribution in [-0.4, -0.2) is 29.4 Å². The lowest BCUT2D eigenvalue weighted by molar-refractivity contribution is -0.123. The van der Waals surface area contributed by atoms with Crippen LogP contribution in [0.4, 0.5) is 14.9 Å². The van der Waals surface area contributed by atoms with E-state index < -0.39 is 17.8 Å². The molecule has 0 unspecified atom stereocenters. The average molecular weight is 480 g/mol. The number of rotatable bonds is 7. The minimum Gasteiger partial charge on any atom is -0.482 e. The van der Waals surface area contributed by atoms with Crippen LogP contribution in [-0.2, 0) is 16.1 Å². The van der Waals surface area contributed by atoms with Gasteiger partial charge in [0.1, 0.15) is 17.3 Å². The van der Waals surface area contributed by atoms with Gasteiger partial charge in [0.2, 0.25) is 0 Å². The van der Waals surface area contributed by atoms with E-state index in [-0.39, 0.29) is 29.8 Å². The first-order valence-electron chi connectivity index (χ1n) is 10.3. The highest BCUT2D eigenvalue weighted by Gasteiger charge is 2.33. The number of hydrogen-bond donors (Lipinski definition) is 2. The van der Waals surface area contributed by atoms with E-state index >= 15 is 0 Å². The quantitative estimate of drug-likeness (QED) is 0.383. The second-order valence-electron chi connectivity index (χ2n) is 7.40. The maximum absolute atomic E-state index is 13.1. The maximum Gasteiger partial charge on any atom is 0.329 e. The molecule has 3 aromatic rings. The van der Waals surface area contributed by atoms with Gasteiger partial charge in [-0.05, 0) is 53.6 Å². The number of imide groups is 1. The molecule has 0 bridgehead atoms. The highest BCUT2D eigenvalue weighted by molar-refractivity contribution is 6.32. The van der Waals surface area contributed by atoms with Crippen molar-refractivity contribution in [1.29, 1.82) is 0 Å². The van der Waals surface area contributed by atoms with Gasteiger partial charge in [-0.25, -0.2) is 9.18 Å². The molecule has 1 saturated heterocycles. The number of carbonyl (C=O) groups excluding carboxylic acids is 3. The number of amides is 4. The lowest BCUT2D eigenvalue weighted by Crippen LogP contribution is -2.30. The zero-order chi connectivity index (χ0) is 24.1. The number of nitrogens with one attached hydrogen (secondary N) is 2. The molecule has 0 aliphatic carbocycles. The summed E-state index contributed by atoms with van der Waals surface area (Å²) in [5.74, 6) is -0.952. The number of nitrogens with zero attached hydrogens (tertiary/aromatic N) is 1. The Hall–Kier alpha value is -4.17. The molecule has 1 fully saturated rings. The van der Waals surface area contributed by atoms with Crippen molar-refractivity contribution in [2.24, 2.45) is 0 Å². The molecule has 3 aromatic carbocycles. The van der Waals surface area contributed by atoms with Gasteiger partial charge < -0.3 is 15.4 Å². The molecular formula is C25H19ClFN3O4. The zero-order valence-corrected chi connectivity index (χ0v) is 18.5. The summed E-state index contributed by atoms with van der Waals surface area (Å²) in [6.07, 6.45) is 1.49. The molecular weight excluding hydrogens is 461 g/mol. The van der Waals surface area contributed by atoms with Gasteiger partial charge in [-0.3, -0.25) is 14.5 Å². The number of urea groups is 1. The van der Waals surface area contributed by atoms with E-state index in [0.717, 1.165) is 4.90 Å². The van der Waals surface area contributed by atoms with E-state index in [1.54, 1.807) is 42.5 Å². The van der Waals surface area contributed by atoms with Gasteiger partial charge in [0.05, 0.1) is 11.6 Å². The largest absolute Gasteiger partial charge is 0.482 e. The first kappa shape index (κ1) is 23.0. The fraction of sp³-hybridized carbons (Fsp3) is 0.0800. The Bertz CT molecular complexity index is 1260. The summed E-state index contributed by atoms with van der Waals surface area (Å²) < 4.78 is 18.6. The summed E-state index contributed by atoms with van der Waals surface area (Å²) >= 11 is 6.27. The van der Waals surface area contributed by atoms with Crippen LogP contribution in [0.15, 0.2) is 78.5 Å². The average Bonchev–Trinajstić information content (AvgIpc) is 3.08. The van der Waals surface area contributed by atoms with Crippen molar-refractivity contribution in [3.63, 3.8) is 0 Å². The Morgan fingerprint density at radius 2 is 1.79 bits per heavy atom. The van der Waals surface area contributed by atoms with Crippen LogP contribution in [0, 0.1) is 5.82 Å². The van der Waals surface area contributed by atoms with Crippen molar-refractivity contribution in [2.75, 3.05) is 11.9 Å². The highest BCUT2D eigenvalue weighted by Crippen LogP contribution is 2.27. The third-order valence-corrected chi connectivity index (χ3v) is 5.19. The van der Waals surface area contributed by atoms with E-state index in [1.165, 1.54) is 30.3 Å². The molecule has 172 valence electrons. The molecule has 0 spiro atoms. The van der Waals surface area contributed by atoms with E-state index in [4.69, 9.17) is 16.3 Å². The van der Waals surface area contributed by atoms with Gasteiger partial charge in [-0.2, -0.15) is 0 Å². The standard InChI is InChI=1S/C25H19ClFN3O4/c26-20-12-17(8-11-22(20)34-15-23(31)28-19-4-2-1-3-5-19)13-21-24(32)30(25(33)29-21)14-16-6-9-18(27)10-7-16/h1-13H,14-15H2,(H,28,31)(H,29,33). The van der Waals surface area contributed by atoms with Gasteiger partial charge in [-0.15, -0.1) is 0 Å². The van der Waals surface area contributed by atoms with Crippen molar-refractivity contribution >= 4 is 41.2 Å². The second-order valence-corrected chi connectivity index (χ2v) is 7.81. The van der Waals surface area contributed by atoms with E-state index in [1.807, 2.05) is 6.07 Å². The van der Waals surface area contributed by atoms with Gasteiger partial charge in [0.15, 0.2) is 6.61 Å². The predicted molar refractivity (Wildman–Crippen MR) is 125 cm³/mol. The molecule has 0 aromatic heterocycles. The predicted octanol–water partition coefficient (Wildman–Crippen LogP) is 4.59. The Morgan fingerprint density at radius 3 is 2.50 bits per heavy atom. The van der Waals surface area contributed by atoms with Gasteiger partial charge >= 0.3 is 6.03 Å². The molecule has 1 aliphatic rings. The maximum atomic E-state index is 13.1. The third-order valence-electron chi connectivity index (χ3n) is 4.90. The van der Waals surface area contributed by atoms with E-state index in [0.29, 0.717) is 22.6 Å². The van der Waals surface area contributed by atoms with Crippen LogP contribution in [0.5, 0.6) is 5.75 Å². The Morgan fingerprint density at radius 1 is 1.06 bits per heavy atom. The number of hydrogen-bond acceptors (Lipinski definition) is 4. The van der Waals surface area contributed by atoms with E-state index in [9.17, 15) is 18.8 Å². The normalized spacial score (nSPS) is 14.3. The molecule has 0 saturated carbocycles. The monoisotopic (exact) mass is 479 g/mol. The minimum absolute atomic E-state index is 0.0147. The summed E-state index contributed by atoms with van der Waals surface area (Å²) in [5, 5.41) is 5.47. The molecule has 1 heterocycles. The van der Waals surface area contributed by atoms with Crippen molar-refractivity contribution < 1.29 is 23.5 Å². The Balaban J connectivity index is 1.38. The number of benzene rings is 3. The molecule has 7 nitrogen and oxygen atoms in total. The van der Waals surface area contributed by atoms with Gasteiger partial charge in [0.25, 0.3) is 11.8 Å². The fourth-order valence-electron chi connectivity index (χ4n) is 3.24. The second kappa shape index (κ2) is 10.2. The molecule has 0 radical (unpaired) electrons. The number of carbonyl (C=O) groups is 3. The van der Waals surface area contributed by atoms with Crippen molar-refractivity contribution in [2.45, 2.75) is 6.54 Å². The molecule has 1 aliphatic heterocycles. The van der Waals surface area contributed by atoms with Crippen LogP contribution in [0.3, 0.4) is 0 Å². The number of ether oxygens (including phenoxy) is 1. The Kier molecular flexibility index (Phi) is 6.89. The number of anilines is 1. The van der Waals surface area contributed by atoms with Gasteiger partial charge in [0, 0.05) is 5.69 Å². The highest BCUT2D eigenvalue weighted by atomic mass is 35.5. The molecule has 34 heavy (non-hydrogen) atoms.